The van der Waals surface area contributed by atoms with Crippen LogP contribution in [0.1, 0.15) is 27.2 Å². The maximum Gasteiger partial charge on any atom is 0.338 e. The molecule has 0 aromatic rings. The molecule has 0 amide bonds. The Bertz CT molecular complexity index is 637. The lowest BCUT2D eigenvalue weighted by atomic mass is 9.85. The molecule has 0 bridgehead atoms. The van der Waals surface area contributed by atoms with Gasteiger partial charge in [-0.15, -0.1) is 0 Å². The van der Waals surface area contributed by atoms with Crippen LogP contribution in [0.4, 0.5) is 0 Å². The van der Waals surface area contributed by atoms with E-state index in [1.54, 1.807) is 19.9 Å². The van der Waals surface area contributed by atoms with Gasteiger partial charge in [0, 0.05) is 18.7 Å². The van der Waals surface area contributed by atoms with Crippen molar-refractivity contribution in [3.63, 3.8) is 0 Å². The Morgan fingerprint density at radius 1 is 1.40 bits per heavy atom. The third kappa shape index (κ3) is 3.12. The molecular weight excluding hydrogens is 326 g/mol. The van der Waals surface area contributed by atoms with E-state index in [0.717, 1.165) is 5.57 Å². The average molecular weight is 351 g/mol. The zero-order chi connectivity index (χ0) is 18.4. The molecule has 7 heteroatoms. The van der Waals surface area contributed by atoms with Crippen molar-refractivity contribution in [2.75, 3.05) is 19.7 Å². The van der Waals surface area contributed by atoms with Crippen LogP contribution in [0.15, 0.2) is 23.3 Å². The van der Waals surface area contributed by atoms with Crippen molar-refractivity contribution in [2.45, 2.75) is 51.0 Å². The number of carbonyl (C=O) groups is 2. The molecule has 0 radical (unpaired) electrons. The number of nitrogens with zero attached hydrogens (tertiary/aromatic N) is 1. The largest absolute Gasteiger partial charge is 0.459 e. The first-order chi connectivity index (χ1) is 11.8. The first-order valence-electron chi connectivity index (χ1n) is 8.62. The van der Waals surface area contributed by atoms with Gasteiger partial charge in [-0.1, -0.05) is 19.1 Å². The van der Waals surface area contributed by atoms with Gasteiger partial charge in [0.15, 0.2) is 5.60 Å². The van der Waals surface area contributed by atoms with Gasteiger partial charge < -0.3 is 19.7 Å². The van der Waals surface area contributed by atoms with Gasteiger partial charge in [-0.3, -0.25) is 4.90 Å². The Balaban J connectivity index is 1.94. The van der Waals surface area contributed by atoms with E-state index < -0.39 is 35.7 Å². The fourth-order valence-electron chi connectivity index (χ4n) is 3.70. The number of aliphatic hydroxyl groups is 2. The SMILES string of the molecule is C/C=C1\C[C@@H](C)[C@@](C)(O)C(=O)OCC2=CCN3C[C@H](O)[C@@H](OC1=O)[C@@H]23. The molecule has 25 heavy (non-hydrogen) atoms. The Labute approximate surface area is 146 Å². The summed E-state index contributed by atoms with van der Waals surface area (Å²) < 4.78 is 11.0. The number of aliphatic hydroxyl groups excluding tert-OH is 1. The van der Waals surface area contributed by atoms with Gasteiger partial charge in [0.25, 0.3) is 0 Å². The van der Waals surface area contributed by atoms with Crippen molar-refractivity contribution < 1.29 is 29.3 Å². The van der Waals surface area contributed by atoms with Crippen molar-refractivity contribution in [3.05, 3.63) is 23.3 Å². The standard InChI is InChI=1S/C18H25NO6/c1-4-11-7-10(2)18(3,23)17(22)24-9-12-5-6-19-8-13(20)15(14(12)19)25-16(11)21/h4-5,10,13-15,20,23H,6-9H2,1-3H3/b11-4+/t10-,13+,14-,15-,18-/m1/s1. The van der Waals surface area contributed by atoms with Gasteiger partial charge in [0.1, 0.15) is 18.8 Å². The van der Waals surface area contributed by atoms with Crippen LogP contribution in [0.3, 0.4) is 0 Å². The quantitative estimate of drug-likeness (QED) is 0.365. The zero-order valence-corrected chi connectivity index (χ0v) is 14.8. The molecule has 0 aliphatic carbocycles. The molecule has 3 aliphatic rings. The first kappa shape index (κ1) is 18.1. The highest BCUT2D eigenvalue weighted by Crippen LogP contribution is 2.34. The van der Waals surface area contributed by atoms with Crippen molar-refractivity contribution in [1.29, 1.82) is 0 Å². The van der Waals surface area contributed by atoms with E-state index in [1.165, 1.54) is 6.92 Å². The van der Waals surface area contributed by atoms with Crippen LogP contribution in [0.5, 0.6) is 0 Å². The molecule has 0 spiro atoms. The molecule has 0 aromatic heterocycles. The van der Waals surface area contributed by atoms with E-state index in [2.05, 4.69) is 0 Å². The van der Waals surface area contributed by atoms with Gasteiger partial charge in [0.05, 0.1) is 6.04 Å². The van der Waals surface area contributed by atoms with Crippen LogP contribution < -0.4 is 0 Å². The molecule has 2 fully saturated rings. The second-order valence-electron chi connectivity index (χ2n) is 7.26. The molecule has 0 saturated carbocycles. The Morgan fingerprint density at radius 2 is 2.12 bits per heavy atom. The number of hydrogen-bond donors (Lipinski definition) is 2. The third-order valence-corrected chi connectivity index (χ3v) is 5.60. The Morgan fingerprint density at radius 3 is 2.80 bits per heavy atom. The van der Waals surface area contributed by atoms with E-state index in [1.807, 2.05) is 11.0 Å². The lowest BCUT2D eigenvalue weighted by Crippen LogP contribution is -2.45. The number of rotatable bonds is 0. The number of ether oxygens (including phenoxy) is 2. The number of esters is 2. The predicted octanol–water partition coefficient (Wildman–Crippen LogP) is 0.164. The van der Waals surface area contributed by atoms with Crippen molar-refractivity contribution in [2.24, 2.45) is 5.92 Å². The van der Waals surface area contributed by atoms with Crippen LogP contribution >= 0.6 is 0 Å². The van der Waals surface area contributed by atoms with E-state index in [-0.39, 0.29) is 19.1 Å². The summed E-state index contributed by atoms with van der Waals surface area (Å²) in [7, 11) is 0. The molecule has 3 heterocycles. The molecule has 7 nitrogen and oxygen atoms in total. The highest BCUT2D eigenvalue weighted by Gasteiger charge is 2.49. The summed E-state index contributed by atoms with van der Waals surface area (Å²) in [6.07, 6.45) is 2.25. The fraction of sp³-hybridized carbons (Fsp3) is 0.667. The molecule has 0 aromatic carbocycles. The van der Waals surface area contributed by atoms with Crippen LogP contribution in [0.25, 0.3) is 0 Å². The van der Waals surface area contributed by atoms with Gasteiger partial charge in [0.2, 0.25) is 0 Å². The van der Waals surface area contributed by atoms with E-state index >= 15 is 0 Å². The van der Waals surface area contributed by atoms with Gasteiger partial charge in [-0.25, -0.2) is 9.59 Å². The molecular formula is C18H25NO6. The van der Waals surface area contributed by atoms with Crippen molar-refractivity contribution in [3.8, 4) is 0 Å². The summed E-state index contributed by atoms with van der Waals surface area (Å²) in [5.41, 5.74) is -0.551. The van der Waals surface area contributed by atoms with Crippen molar-refractivity contribution in [1.82, 2.24) is 4.90 Å². The van der Waals surface area contributed by atoms with Crippen LogP contribution in [0, 0.1) is 5.92 Å². The summed E-state index contributed by atoms with van der Waals surface area (Å²) in [6.45, 7) is 5.82. The molecule has 5 atom stereocenters. The maximum absolute atomic E-state index is 12.6. The Kier molecular flexibility index (Phi) is 4.74. The van der Waals surface area contributed by atoms with Crippen LogP contribution in [-0.2, 0) is 19.1 Å². The van der Waals surface area contributed by atoms with E-state index in [4.69, 9.17) is 9.47 Å². The number of carbonyl (C=O) groups excluding carboxylic acids is 2. The topological polar surface area (TPSA) is 96.3 Å². The van der Waals surface area contributed by atoms with Gasteiger partial charge >= 0.3 is 11.9 Å². The minimum absolute atomic E-state index is 0.0140. The summed E-state index contributed by atoms with van der Waals surface area (Å²) in [5, 5.41) is 20.9. The monoisotopic (exact) mass is 351 g/mol. The molecule has 2 saturated heterocycles. The summed E-state index contributed by atoms with van der Waals surface area (Å²) >= 11 is 0. The smallest absolute Gasteiger partial charge is 0.338 e. The lowest BCUT2D eigenvalue weighted by molar-refractivity contribution is -0.169. The summed E-state index contributed by atoms with van der Waals surface area (Å²) in [5.74, 6) is -1.76. The van der Waals surface area contributed by atoms with E-state index in [0.29, 0.717) is 18.7 Å². The van der Waals surface area contributed by atoms with Crippen molar-refractivity contribution >= 4 is 11.9 Å². The molecule has 2 N–H and O–H groups in total. The number of hydrogen-bond acceptors (Lipinski definition) is 7. The highest BCUT2D eigenvalue weighted by atomic mass is 16.6. The fourth-order valence-corrected chi connectivity index (χ4v) is 3.70. The molecule has 3 rings (SSSR count). The van der Waals surface area contributed by atoms with Gasteiger partial charge in [-0.05, 0) is 31.8 Å². The molecule has 3 aliphatic heterocycles. The van der Waals surface area contributed by atoms with Crippen LogP contribution in [-0.4, -0.2) is 70.6 Å². The van der Waals surface area contributed by atoms with Crippen LogP contribution in [0.2, 0.25) is 0 Å². The molecule has 138 valence electrons. The average Bonchev–Trinajstić information content (AvgIpc) is 3.08. The van der Waals surface area contributed by atoms with E-state index in [9.17, 15) is 19.8 Å². The minimum atomic E-state index is -1.71. The highest BCUT2D eigenvalue weighted by molar-refractivity contribution is 5.89. The third-order valence-electron chi connectivity index (χ3n) is 5.60. The normalized spacial score (nSPS) is 41.5. The number of cyclic esters (lactones) is 1. The summed E-state index contributed by atoms with van der Waals surface area (Å²) in [4.78, 5) is 26.9. The molecule has 0 unspecified atom stereocenters. The first-order valence-corrected chi connectivity index (χ1v) is 8.62. The predicted molar refractivity (Wildman–Crippen MR) is 88.5 cm³/mol. The number of allylic oxidation sites excluding steroid dienone is 1. The Hall–Kier alpha value is -1.70. The minimum Gasteiger partial charge on any atom is -0.459 e. The maximum atomic E-state index is 12.6. The second-order valence-corrected chi connectivity index (χ2v) is 7.26. The van der Waals surface area contributed by atoms with Gasteiger partial charge in [-0.2, -0.15) is 0 Å². The second kappa shape index (κ2) is 6.55. The summed E-state index contributed by atoms with van der Waals surface area (Å²) in [6, 6.07) is -0.299. The zero-order valence-electron chi connectivity index (χ0n) is 14.8. The lowest BCUT2D eigenvalue weighted by Gasteiger charge is -2.31.